The van der Waals surface area contributed by atoms with Crippen LogP contribution in [-0.4, -0.2) is 71.4 Å². The number of piperidine rings is 1. The normalized spacial score (nSPS) is 18.4. The van der Waals surface area contributed by atoms with Crippen LogP contribution in [0, 0.1) is 5.92 Å². The fourth-order valence-electron chi connectivity index (χ4n) is 4.11. The van der Waals surface area contributed by atoms with Crippen LogP contribution >= 0.6 is 0 Å². The van der Waals surface area contributed by atoms with E-state index in [2.05, 4.69) is 29.4 Å². The van der Waals surface area contributed by atoms with Crippen molar-refractivity contribution < 1.29 is 23.9 Å². The molecule has 0 saturated carbocycles. The minimum Gasteiger partial charge on any atom is -0.459 e. The molecule has 1 aromatic rings. The highest BCUT2D eigenvalue weighted by Crippen LogP contribution is 2.29. The predicted octanol–water partition coefficient (Wildman–Crippen LogP) is 2.23. The molecule has 1 aromatic carbocycles. The van der Waals surface area contributed by atoms with E-state index in [0.29, 0.717) is 30.0 Å². The molecule has 0 bridgehead atoms. The van der Waals surface area contributed by atoms with Gasteiger partial charge in [-0.3, -0.25) is 14.5 Å². The maximum absolute atomic E-state index is 13.0. The van der Waals surface area contributed by atoms with Crippen molar-refractivity contribution in [1.82, 2.24) is 15.1 Å². The number of urea groups is 1. The molecule has 2 saturated heterocycles. The lowest BCUT2D eigenvalue weighted by atomic mass is 9.87. The predicted molar refractivity (Wildman–Crippen MR) is 119 cm³/mol. The first-order chi connectivity index (χ1) is 15.1. The van der Waals surface area contributed by atoms with E-state index < -0.39 is 23.4 Å². The SMILES string of the molecule is CC(C)CN1CCC2(CC1)NC(=O)N(CC(=O)Nc1ccc(C(=O)OC(C)C)cc1)C2=O. The summed E-state index contributed by atoms with van der Waals surface area (Å²) in [6, 6.07) is 5.72. The summed E-state index contributed by atoms with van der Waals surface area (Å²) in [7, 11) is 0. The van der Waals surface area contributed by atoms with Gasteiger partial charge in [-0.05, 0) is 56.9 Å². The Hall–Kier alpha value is -2.94. The lowest BCUT2D eigenvalue weighted by Gasteiger charge is -2.37. The smallest absolute Gasteiger partial charge is 0.338 e. The molecule has 2 N–H and O–H groups in total. The van der Waals surface area contributed by atoms with Crippen LogP contribution in [0.25, 0.3) is 0 Å². The highest BCUT2D eigenvalue weighted by molar-refractivity contribution is 6.10. The summed E-state index contributed by atoms with van der Waals surface area (Å²) in [6.07, 6.45) is 0.851. The minimum absolute atomic E-state index is 0.225. The first-order valence-corrected chi connectivity index (χ1v) is 11.1. The molecule has 9 nitrogen and oxygen atoms in total. The number of amides is 4. The van der Waals surface area contributed by atoms with Crippen molar-refractivity contribution in [3.05, 3.63) is 29.8 Å². The van der Waals surface area contributed by atoms with Gasteiger partial charge in [-0.25, -0.2) is 9.59 Å². The third-order valence-electron chi connectivity index (χ3n) is 5.63. The highest BCUT2D eigenvalue weighted by atomic mass is 16.5. The maximum Gasteiger partial charge on any atom is 0.338 e. The van der Waals surface area contributed by atoms with E-state index in [1.165, 1.54) is 0 Å². The lowest BCUT2D eigenvalue weighted by Crippen LogP contribution is -2.55. The van der Waals surface area contributed by atoms with E-state index in [0.717, 1.165) is 24.5 Å². The Morgan fingerprint density at radius 2 is 1.72 bits per heavy atom. The quantitative estimate of drug-likeness (QED) is 0.493. The molecule has 174 valence electrons. The Kier molecular flexibility index (Phi) is 7.18. The van der Waals surface area contributed by atoms with Gasteiger partial charge in [0, 0.05) is 25.3 Å². The monoisotopic (exact) mass is 444 g/mol. The third-order valence-corrected chi connectivity index (χ3v) is 5.63. The molecule has 0 radical (unpaired) electrons. The van der Waals surface area contributed by atoms with Gasteiger partial charge < -0.3 is 20.3 Å². The Morgan fingerprint density at radius 1 is 1.09 bits per heavy atom. The molecule has 3 rings (SSSR count). The lowest BCUT2D eigenvalue weighted by molar-refractivity contribution is -0.135. The number of anilines is 1. The molecule has 9 heteroatoms. The van der Waals surface area contributed by atoms with Gasteiger partial charge in [0.25, 0.3) is 5.91 Å². The molecule has 2 aliphatic heterocycles. The highest BCUT2D eigenvalue weighted by Gasteiger charge is 2.52. The topological polar surface area (TPSA) is 108 Å². The van der Waals surface area contributed by atoms with Gasteiger partial charge >= 0.3 is 12.0 Å². The number of hydrogen-bond donors (Lipinski definition) is 2. The van der Waals surface area contributed by atoms with Gasteiger partial charge in [0.05, 0.1) is 11.7 Å². The number of hydrogen-bond acceptors (Lipinski definition) is 6. The summed E-state index contributed by atoms with van der Waals surface area (Å²) >= 11 is 0. The van der Waals surface area contributed by atoms with Crippen LogP contribution in [0.3, 0.4) is 0 Å². The number of nitrogens with zero attached hydrogens (tertiary/aromatic N) is 2. The molecule has 4 amide bonds. The molecule has 2 heterocycles. The average Bonchev–Trinajstić information content (AvgIpc) is 2.93. The number of likely N-dealkylation sites (tertiary alicyclic amines) is 1. The molecule has 2 fully saturated rings. The van der Waals surface area contributed by atoms with Crippen LogP contribution in [-0.2, 0) is 14.3 Å². The number of carbonyl (C=O) groups is 4. The van der Waals surface area contributed by atoms with E-state index in [1.54, 1.807) is 38.1 Å². The Balaban J connectivity index is 1.56. The van der Waals surface area contributed by atoms with E-state index in [9.17, 15) is 19.2 Å². The van der Waals surface area contributed by atoms with Crippen molar-refractivity contribution in [1.29, 1.82) is 0 Å². The fraction of sp³-hybridized carbons (Fsp3) is 0.565. The first kappa shape index (κ1) is 23.7. The Bertz CT molecular complexity index is 873. The van der Waals surface area contributed by atoms with E-state index >= 15 is 0 Å². The van der Waals surface area contributed by atoms with E-state index in [4.69, 9.17) is 4.74 Å². The van der Waals surface area contributed by atoms with Gasteiger partial charge in [-0.2, -0.15) is 0 Å². The average molecular weight is 445 g/mol. The summed E-state index contributed by atoms with van der Waals surface area (Å²) in [5.41, 5.74) is -0.0834. The van der Waals surface area contributed by atoms with Gasteiger partial charge in [-0.15, -0.1) is 0 Å². The standard InChI is InChI=1S/C23H32N4O5/c1-15(2)13-26-11-9-23(10-12-26)21(30)27(22(31)25-23)14-19(28)24-18-7-5-17(6-8-18)20(29)32-16(3)4/h5-8,15-16H,9-14H2,1-4H3,(H,24,28)(H,25,31). The zero-order chi connectivity index (χ0) is 23.5. The summed E-state index contributed by atoms with van der Waals surface area (Å²) in [6.45, 7) is 9.89. The van der Waals surface area contributed by atoms with Crippen molar-refractivity contribution in [2.24, 2.45) is 5.92 Å². The summed E-state index contributed by atoms with van der Waals surface area (Å²) in [4.78, 5) is 53.2. The van der Waals surface area contributed by atoms with Crippen molar-refractivity contribution in [2.45, 2.75) is 52.2 Å². The van der Waals surface area contributed by atoms with Crippen LogP contribution in [0.4, 0.5) is 10.5 Å². The number of ether oxygens (including phenoxy) is 1. The summed E-state index contributed by atoms with van der Waals surface area (Å²) in [5, 5.41) is 5.49. The molecular weight excluding hydrogens is 412 g/mol. The van der Waals surface area contributed by atoms with Crippen molar-refractivity contribution in [2.75, 3.05) is 31.5 Å². The maximum atomic E-state index is 13.0. The van der Waals surface area contributed by atoms with Crippen molar-refractivity contribution in [3.63, 3.8) is 0 Å². The molecule has 32 heavy (non-hydrogen) atoms. The van der Waals surface area contributed by atoms with Crippen LogP contribution in [0.2, 0.25) is 0 Å². The van der Waals surface area contributed by atoms with E-state index in [1.807, 2.05) is 0 Å². The third kappa shape index (κ3) is 5.45. The number of rotatable bonds is 7. The van der Waals surface area contributed by atoms with Crippen LogP contribution in [0.1, 0.15) is 50.9 Å². The number of benzene rings is 1. The molecule has 0 atom stereocenters. The van der Waals surface area contributed by atoms with Crippen molar-refractivity contribution >= 4 is 29.5 Å². The molecule has 1 spiro atoms. The fourth-order valence-corrected chi connectivity index (χ4v) is 4.11. The molecule has 0 aromatic heterocycles. The number of carbonyl (C=O) groups excluding carboxylic acids is 4. The van der Waals surface area contributed by atoms with Gasteiger partial charge in [-0.1, -0.05) is 13.8 Å². The van der Waals surface area contributed by atoms with Crippen LogP contribution < -0.4 is 10.6 Å². The zero-order valence-corrected chi connectivity index (χ0v) is 19.1. The van der Waals surface area contributed by atoms with Gasteiger partial charge in [0.15, 0.2) is 0 Å². The first-order valence-electron chi connectivity index (χ1n) is 11.1. The van der Waals surface area contributed by atoms with Crippen molar-refractivity contribution in [3.8, 4) is 0 Å². The van der Waals surface area contributed by atoms with Crippen LogP contribution in [0.15, 0.2) is 24.3 Å². The minimum atomic E-state index is -0.913. The van der Waals surface area contributed by atoms with Crippen LogP contribution in [0.5, 0.6) is 0 Å². The number of esters is 1. The molecular formula is C23H32N4O5. The number of imide groups is 1. The second-order valence-corrected chi connectivity index (χ2v) is 9.18. The Morgan fingerprint density at radius 3 is 2.28 bits per heavy atom. The number of nitrogens with one attached hydrogen (secondary N) is 2. The zero-order valence-electron chi connectivity index (χ0n) is 19.1. The molecule has 0 unspecified atom stereocenters. The second-order valence-electron chi connectivity index (χ2n) is 9.18. The van der Waals surface area contributed by atoms with Gasteiger partial charge in [0.2, 0.25) is 5.91 Å². The Labute approximate surface area is 188 Å². The molecule has 0 aliphatic carbocycles. The summed E-state index contributed by atoms with van der Waals surface area (Å²) in [5.74, 6) is -0.732. The van der Waals surface area contributed by atoms with E-state index in [-0.39, 0.29) is 18.6 Å². The second kappa shape index (κ2) is 9.68. The molecule has 2 aliphatic rings. The van der Waals surface area contributed by atoms with Gasteiger partial charge in [0.1, 0.15) is 12.1 Å². The summed E-state index contributed by atoms with van der Waals surface area (Å²) < 4.78 is 5.13. The largest absolute Gasteiger partial charge is 0.459 e.